The van der Waals surface area contributed by atoms with E-state index < -0.39 is 30.7 Å². The molecule has 1 amide bonds. The van der Waals surface area contributed by atoms with Crippen LogP contribution in [0.25, 0.3) is 0 Å². The highest BCUT2D eigenvalue weighted by atomic mass is 19.3. The lowest BCUT2D eigenvalue weighted by atomic mass is 10.2. The summed E-state index contributed by atoms with van der Waals surface area (Å²) in [5.74, 6) is -5.23. The smallest absolute Gasteiger partial charge is 0.340 e. The molecule has 11 heteroatoms. The number of ether oxygens (including phenoxy) is 1. The lowest BCUT2D eigenvalue weighted by molar-refractivity contribution is -0.148. The number of aromatic nitrogens is 3. The van der Waals surface area contributed by atoms with Crippen LogP contribution in [0.1, 0.15) is 23.0 Å². The Morgan fingerprint density at radius 2 is 2.04 bits per heavy atom. The molecule has 2 rings (SSSR count). The van der Waals surface area contributed by atoms with Crippen molar-refractivity contribution in [2.75, 3.05) is 12.3 Å². The third kappa shape index (κ3) is 4.94. The highest BCUT2D eigenvalue weighted by molar-refractivity contribution is 6.08. The lowest BCUT2D eigenvalue weighted by Gasteiger charge is -2.14. The summed E-state index contributed by atoms with van der Waals surface area (Å²) in [4.78, 5) is 19.7. The molecular formula is C15H13F4N5O2. The summed E-state index contributed by atoms with van der Waals surface area (Å²) in [7, 11) is 0. The first-order chi connectivity index (χ1) is 12.2. The third-order valence-electron chi connectivity index (χ3n) is 3.06. The second kappa shape index (κ2) is 7.85. The molecule has 0 bridgehead atoms. The largest absolute Gasteiger partial charge is 0.470 e. The van der Waals surface area contributed by atoms with Gasteiger partial charge in [-0.15, -0.1) is 10.2 Å². The SMILES string of the molecule is CC(=NC(=O)c1ccc(OCC(F)(F)C(F)F)nn1)c1ccnc(N)c1. The molecule has 0 unspecified atom stereocenters. The minimum Gasteiger partial charge on any atom is -0.470 e. The number of rotatable bonds is 6. The summed E-state index contributed by atoms with van der Waals surface area (Å²) < 4.78 is 54.1. The lowest BCUT2D eigenvalue weighted by Crippen LogP contribution is -2.33. The molecule has 0 atom stereocenters. The number of hydrogen-bond acceptors (Lipinski definition) is 6. The standard InChI is InChI=1S/C15H13F4N5O2/c1-8(9-4-5-21-11(20)6-9)22-13(25)10-2-3-12(24-23-10)26-7-15(18,19)14(16)17/h2-6,14H,7H2,1H3,(H2,20,21). The molecule has 2 aromatic rings. The van der Waals surface area contributed by atoms with Crippen molar-refractivity contribution in [3.05, 3.63) is 41.7 Å². The van der Waals surface area contributed by atoms with Gasteiger partial charge in [0.15, 0.2) is 12.3 Å². The maximum absolute atomic E-state index is 12.8. The zero-order valence-electron chi connectivity index (χ0n) is 13.4. The fraction of sp³-hybridized carbons (Fsp3) is 0.267. The van der Waals surface area contributed by atoms with Gasteiger partial charge >= 0.3 is 12.3 Å². The minimum atomic E-state index is -4.32. The molecule has 0 aliphatic rings. The number of alkyl halides is 4. The van der Waals surface area contributed by atoms with Gasteiger partial charge in [0.1, 0.15) is 5.82 Å². The summed E-state index contributed by atoms with van der Waals surface area (Å²) in [6.45, 7) is 0.0113. The van der Waals surface area contributed by atoms with E-state index in [-0.39, 0.29) is 11.5 Å². The van der Waals surface area contributed by atoms with E-state index in [1.165, 1.54) is 12.3 Å². The monoisotopic (exact) mass is 371 g/mol. The Morgan fingerprint density at radius 3 is 2.62 bits per heavy atom. The Morgan fingerprint density at radius 1 is 1.31 bits per heavy atom. The van der Waals surface area contributed by atoms with Crippen LogP contribution in [0.5, 0.6) is 5.88 Å². The second-order valence-corrected chi connectivity index (χ2v) is 5.08. The Labute approximate surface area is 144 Å². The van der Waals surface area contributed by atoms with Gasteiger partial charge < -0.3 is 10.5 Å². The summed E-state index contributed by atoms with van der Waals surface area (Å²) in [6.07, 6.45) is -2.41. The number of nitrogens with zero attached hydrogens (tertiary/aromatic N) is 4. The van der Waals surface area contributed by atoms with E-state index >= 15 is 0 Å². The van der Waals surface area contributed by atoms with E-state index in [9.17, 15) is 22.4 Å². The first-order valence-corrected chi connectivity index (χ1v) is 7.13. The Bertz CT molecular complexity index is 812. The van der Waals surface area contributed by atoms with Crippen LogP contribution >= 0.6 is 0 Å². The fourth-order valence-electron chi connectivity index (χ4n) is 1.69. The normalized spacial score (nSPS) is 12.3. The second-order valence-electron chi connectivity index (χ2n) is 5.08. The number of carbonyl (C=O) groups excluding carboxylic acids is 1. The van der Waals surface area contributed by atoms with Crippen LogP contribution in [0.4, 0.5) is 23.4 Å². The molecule has 0 radical (unpaired) electrons. The van der Waals surface area contributed by atoms with Gasteiger partial charge in [-0.05, 0) is 25.1 Å². The van der Waals surface area contributed by atoms with E-state index in [2.05, 4.69) is 24.9 Å². The average Bonchev–Trinajstić information content (AvgIpc) is 2.60. The van der Waals surface area contributed by atoms with Gasteiger partial charge in [0.25, 0.3) is 5.91 Å². The fourth-order valence-corrected chi connectivity index (χ4v) is 1.69. The maximum atomic E-state index is 12.8. The highest BCUT2D eigenvalue weighted by Gasteiger charge is 2.41. The molecule has 0 spiro atoms. The predicted molar refractivity (Wildman–Crippen MR) is 83.7 cm³/mol. The first-order valence-electron chi connectivity index (χ1n) is 7.13. The molecule has 0 aromatic carbocycles. The quantitative estimate of drug-likeness (QED) is 0.618. The number of aliphatic imine (C=N–C) groups is 1. The van der Waals surface area contributed by atoms with Crippen molar-refractivity contribution in [2.45, 2.75) is 19.3 Å². The van der Waals surface area contributed by atoms with Gasteiger partial charge in [-0.2, -0.15) is 8.78 Å². The molecule has 26 heavy (non-hydrogen) atoms. The molecule has 0 aliphatic heterocycles. The number of nitrogen functional groups attached to an aromatic ring is 1. The minimum absolute atomic E-state index is 0.181. The highest BCUT2D eigenvalue weighted by Crippen LogP contribution is 2.23. The van der Waals surface area contributed by atoms with Crippen LogP contribution < -0.4 is 10.5 Å². The number of pyridine rings is 1. The number of anilines is 1. The van der Waals surface area contributed by atoms with E-state index in [4.69, 9.17) is 5.73 Å². The van der Waals surface area contributed by atoms with Gasteiger partial charge in [-0.3, -0.25) is 4.79 Å². The van der Waals surface area contributed by atoms with Crippen molar-refractivity contribution >= 4 is 17.4 Å². The van der Waals surface area contributed by atoms with Crippen LogP contribution in [0.3, 0.4) is 0 Å². The number of hydrogen-bond donors (Lipinski definition) is 1. The van der Waals surface area contributed by atoms with Crippen molar-refractivity contribution in [3.63, 3.8) is 0 Å². The Kier molecular flexibility index (Phi) is 5.80. The number of halogens is 4. The molecule has 2 heterocycles. The van der Waals surface area contributed by atoms with Gasteiger partial charge in [-0.25, -0.2) is 18.8 Å². The molecule has 2 aromatic heterocycles. The van der Waals surface area contributed by atoms with Crippen molar-refractivity contribution < 1.29 is 27.1 Å². The molecule has 0 fully saturated rings. The molecule has 138 valence electrons. The van der Waals surface area contributed by atoms with Crippen LogP contribution in [-0.4, -0.2) is 45.8 Å². The molecule has 0 saturated carbocycles. The predicted octanol–water partition coefficient (Wildman–Crippen LogP) is 2.38. The van der Waals surface area contributed by atoms with Gasteiger partial charge in [0.2, 0.25) is 5.88 Å². The summed E-state index contributed by atoms with van der Waals surface area (Å²) in [5, 5.41) is 6.87. The van der Waals surface area contributed by atoms with Crippen LogP contribution in [0, 0.1) is 0 Å². The van der Waals surface area contributed by atoms with Crippen molar-refractivity contribution in [1.82, 2.24) is 15.2 Å². The zero-order chi connectivity index (χ0) is 19.3. The van der Waals surface area contributed by atoms with Crippen molar-refractivity contribution in [2.24, 2.45) is 4.99 Å². The number of amides is 1. The summed E-state index contributed by atoms with van der Waals surface area (Å²) in [6, 6.07) is 5.31. The van der Waals surface area contributed by atoms with Crippen LogP contribution in [0.2, 0.25) is 0 Å². The van der Waals surface area contributed by atoms with Crippen LogP contribution in [0.15, 0.2) is 35.5 Å². The van der Waals surface area contributed by atoms with E-state index in [1.54, 1.807) is 13.0 Å². The van der Waals surface area contributed by atoms with E-state index in [0.717, 1.165) is 12.1 Å². The third-order valence-corrected chi connectivity index (χ3v) is 3.06. The summed E-state index contributed by atoms with van der Waals surface area (Å²) >= 11 is 0. The Hall–Kier alpha value is -3.11. The van der Waals surface area contributed by atoms with E-state index in [1.807, 2.05) is 0 Å². The average molecular weight is 371 g/mol. The molecule has 2 N–H and O–H groups in total. The Balaban J connectivity index is 2.05. The van der Waals surface area contributed by atoms with Gasteiger partial charge in [0.05, 0.1) is 0 Å². The molecule has 0 saturated heterocycles. The molecular weight excluding hydrogens is 358 g/mol. The van der Waals surface area contributed by atoms with Crippen LogP contribution in [-0.2, 0) is 0 Å². The van der Waals surface area contributed by atoms with Gasteiger partial charge in [-0.1, -0.05) is 0 Å². The van der Waals surface area contributed by atoms with E-state index in [0.29, 0.717) is 11.3 Å². The molecule has 0 aliphatic carbocycles. The summed E-state index contributed by atoms with van der Waals surface area (Å²) in [5.41, 5.74) is 6.29. The van der Waals surface area contributed by atoms with Crippen molar-refractivity contribution in [3.8, 4) is 5.88 Å². The maximum Gasteiger partial charge on any atom is 0.340 e. The number of nitrogens with two attached hydrogens (primary N) is 1. The zero-order valence-corrected chi connectivity index (χ0v) is 13.4. The topological polar surface area (TPSA) is 103 Å². The van der Waals surface area contributed by atoms with Gasteiger partial charge in [0, 0.05) is 23.5 Å². The number of carbonyl (C=O) groups is 1. The van der Waals surface area contributed by atoms with Crippen molar-refractivity contribution in [1.29, 1.82) is 0 Å². The molecule has 7 nitrogen and oxygen atoms in total. The first kappa shape index (κ1) is 19.2.